The van der Waals surface area contributed by atoms with Gasteiger partial charge in [-0.2, -0.15) is 0 Å². The summed E-state index contributed by atoms with van der Waals surface area (Å²) in [5.74, 6) is -0.327. The Morgan fingerprint density at radius 1 is 1.10 bits per heavy atom. The van der Waals surface area contributed by atoms with Crippen molar-refractivity contribution < 1.29 is 4.79 Å². The van der Waals surface area contributed by atoms with Crippen LogP contribution in [0.4, 0.5) is 0 Å². The SMILES string of the molecule is CC(=O)c1nc2ccccc2n(-c2cccc(C)c2)c1=O. The van der Waals surface area contributed by atoms with E-state index in [4.69, 9.17) is 0 Å². The topological polar surface area (TPSA) is 52.0 Å². The van der Waals surface area contributed by atoms with E-state index in [0.29, 0.717) is 11.0 Å². The smallest absolute Gasteiger partial charge is 0.285 e. The molecule has 104 valence electrons. The second-order valence-electron chi connectivity index (χ2n) is 4.98. The number of benzene rings is 2. The molecule has 0 atom stereocenters. The standard InChI is InChI=1S/C17H14N2O2/c1-11-6-5-7-13(10-11)19-15-9-4-3-8-14(15)18-16(12(2)20)17(19)21/h3-10H,1-2H3. The highest BCUT2D eigenvalue weighted by molar-refractivity contribution is 5.94. The summed E-state index contributed by atoms with van der Waals surface area (Å²) in [7, 11) is 0. The Bertz CT molecular complexity index is 910. The first-order chi connectivity index (χ1) is 10.1. The maximum Gasteiger partial charge on any atom is 0.285 e. The molecular formula is C17H14N2O2. The summed E-state index contributed by atoms with van der Waals surface area (Å²) in [4.78, 5) is 28.5. The van der Waals surface area contributed by atoms with Gasteiger partial charge in [-0.3, -0.25) is 14.2 Å². The van der Waals surface area contributed by atoms with Crippen LogP contribution in [0.2, 0.25) is 0 Å². The van der Waals surface area contributed by atoms with Crippen LogP contribution in [0.3, 0.4) is 0 Å². The summed E-state index contributed by atoms with van der Waals surface area (Å²) in [6.07, 6.45) is 0. The van der Waals surface area contributed by atoms with E-state index in [1.807, 2.05) is 49.4 Å². The lowest BCUT2D eigenvalue weighted by atomic mass is 10.2. The van der Waals surface area contributed by atoms with Gasteiger partial charge in [0, 0.05) is 12.6 Å². The first kappa shape index (κ1) is 13.2. The molecule has 0 bridgehead atoms. The highest BCUT2D eigenvalue weighted by Crippen LogP contribution is 2.16. The van der Waals surface area contributed by atoms with Crippen molar-refractivity contribution in [1.82, 2.24) is 9.55 Å². The molecule has 0 aliphatic heterocycles. The Labute approximate surface area is 121 Å². The highest BCUT2D eigenvalue weighted by Gasteiger charge is 2.15. The number of aryl methyl sites for hydroxylation is 1. The van der Waals surface area contributed by atoms with E-state index in [1.54, 1.807) is 10.6 Å². The number of fused-ring (bicyclic) bond motifs is 1. The first-order valence-electron chi connectivity index (χ1n) is 6.67. The fourth-order valence-corrected chi connectivity index (χ4v) is 2.38. The highest BCUT2D eigenvalue weighted by atomic mass is 16.1. The fraction of sp³-hybridized carbons (Fsp3) is 0.118. The number of aromatic nitrogens is 2. The van der Waals surface area contributed by atoms with Crippen LogP contribution in [0.1, 0.15) is 23.0 Å². The van der Waals surface area contributed by atoms with Gasteiger partial charge in [0.2, 0.25) is 0 Å². The summed E-state index contributed by atoms with van der Waals surface area (Å²) in [5.41, 5.74) is 2.69. The number of Topliss-reactive ketones (excluding diaryl/α,β-unsaturated/α-hetero) is 1. The van der Waals surface area contributed by atoms with Gasteiger partial charge in [-0.05, 0) is 36.8 Å². The molecule has 0 amide bonds. The van der Waals surface area contributed by atoms with E-state index < -0.39 is 0 Å². The zero-order valence-corrected chi connectivity index (χ0v) is 11.8. The molecule has 0 saturated heterocycles. The summed E-state index contributed by atoms with van der Waals surface area (Å²) in [6, 6.07) is 14.9. The van der Waals surface area contributed by atoms with Crippen molar-refractivity contribution in [2.24, 2.45) is 0 Å². The maximum atomic E-state index is 12.6. The molecule has 0 aliphatic rings. The van der Waals surface area contributed by atoms with E-state index in [9.17, 15) is 9.59 Å². The lowest BCUT2D eigenvalue weighted by Gasteiger charge is -2.11. The molecule has 2 aromatic carbocycles. The Morgan fingerprint density at radius 2 is 1.86 bits per heavy atom. The van der Waals surface area contributed by atoms with Gasteiger partial charge >= 0.3 is 0 Å². The molecular weight excluding hydrogens is 264 g/mol. The van der Waals surface area contributed by atoms with Gasteiger partial charge in [-0.1, -0.05) is 24.3 Å². The zero-order valence-electron chi connectivity index (χ0n) is 11.8. The van der Waals surface area contributed by atoms with E-state index in [1.165, 1.54) is 6.92 Å². The molecule has 1 heterocycles. The summed E-state index contributed by atoms with van der Waals surface area (Å²) >= 11 is 0. The predicted molar refractivity (Wildman–Crippen MR) is 82.1 cm³/mol. The minimum Gasteiger partial charge on any atom is -0.293 e. The van der Waals surface area contributed by atoms with E-state index >= 15 is 0 Å². The van der Waals surface area contributed by atoms with Crippen molar-refractivity contribution >= 4 is 16.8 Å². The first-order valence-corrected chi connectivity index (χ1v) is 6.67. The number of para-hydroxylation sites is 2. The van der Waals surface area contributed by atoms with Crippen LogP contribution in [0, 0.1) is 6.92 Å². The van der Waals surface area contributed by atoms with Crippen molar-refractivity contribution in [3.63, 3.8) is 0 Å². The summed E-state index contributed by atoms with van der Waals surface area (Å²) in [5, 5.41) is 0. The van der Waals surface area contributed by atoms with Gasteiger partial charge in [0.05, 0.1) is 11.0 Å². The molecule has 0 aliphatic carbocycles. The average Bonchev–Trinajstić information content (AvgIpc) is 2.46. The van der Waals surface area contributed by atoms with Crippen LogP contribution in [0.5, 0.6) is 0 Å². The monoisotopic (exact) mass is 278 g/mol. The van der Waals surface area contributed by atoms with Gasteiger partial charge in [-0.15, -0.1) is 0 Å². The molecule has 1 aromatic heterocycles. The van der Waals surface area contributed by atoms with Crippen LogP contribution in [0.15, 0.2) is 53.3 Å². The fourth-order valence-electron chi connectivity index (χ4n) is 2.38. The van der Waals surface area contributed by atoms with Crippen molar-refractivity contribution in [2.45, 2.75) is 13.8 Å². The normalized spacial score (nSPS) is 10.8. The van der Waals surface area contributed by atoms with Crippen LogP contribution >= 0.6 is 0 Å². The number of carbonyl (C=O) groups excluding carboxylic acids is 1. The number of hydrogen-bond acceptors (Lipinski definition) is 3. The van der Waals surface area contributed by atoms with Crippen LogP contribution in [0.25, 0.3) is 16.7 Å². The quantitative estimate of drug-likeness (QED) is 0.677. The maximum absolute atomic E-state index is 12.6. The minimum absolute atomic E-state index is 0.0322. The molecule has 3 rings (SSSR count). The molecule has 21 heavy (non-hydrogen) atoms. The molecule has 4 heteroatoms. The number of rotatable bonds is 2. The summed E-state index contributed by atoms with van der Waals surface area (Å²) < 4.78 is 1.55. The van der Waals surface area contributed by atoms with Crippen LogP contribution < -0.4 is 5.56 Å². The molecule has 0 radical (unpaired) electrons. The Balaban J connectivity index is 2.47. The van der Waals surface area contributed by atoms with E-state index in [0.717, 1.165) is 11.3 Å². The van der Waals surface area contributed by atoms with Crippen molar-refractivity contribution in [2.75, 3.05) is 0 Å². The third-order valence-corrected chi connectivity index (χ3v) is 3.35. The van der Waals surface area contributed by atoms with Gasteiger partial charge < -0.3 is 0 Å². The molecule has 0 unspecified atom stereocenters. The van der Waals surface area contributed by atoms with Crippen LogP contribution in [-0.2, 0) is 0 Å². The second-order valence-corrected chi connectivity index (χ2v) is 4.98. The number of ketones is 1. The molecule has 0 N–H and O–H groups in total. The lowest BCUT2D eigenvalue weighted by Crippen LogP contribution is -2.26. The van der Waals surface area contributed by atoms with Crippen molar-refractivity contribution in [3.8, 4) is 5.69 Å². The second kappa shape index (κ2) is 4.98. The molecule has 0 saturated carbocycles. The Hall–Kier alpha value is -2.75. The van der Waals surface area contributed by atoms with Crippen molar-refractivity contribution in [1.29, 1.82) is 0 Å². The van der Waals surface area contributed by atoms with Crippen LogP contribution in [-0.4, -0.2) is 15.3 Å². The van der Waals surface area contributed by atoms with E-state index in [2.05, 4.69) is 4.98 Å². The predicted octanol–water partition coefficient (Wildman–Crippen LogP) is 2.90. The van der Waals surface area contributed by atoms with Gasteiger partial charge in [-0.25, -0.2) is 4.98 Å². The molecule has 3 aromatic rings. The molecule has 0 fully saturated rings. The third-order valence-electron chi connectivity index (χ3n) is 3.35. The largest absolute Gasteiger partial charge is 0.293 e. The molecule has 4 nitrogen and oxygen atoms in total. The van der Waals surface area contributed by atoms with Gasteiger partial charge in [0.25, 0.3) is 5.56 Å². The number of carbonyl (C=O) groups is 1. The van der Waals surface area contributed by atoms with E-state index in [-0.39, 0.29) is 17.0 Å². The Kier molecular flexibility index (Phi) is 3.14. The number of hydrogen-bond donors (Lipinski definition) is 0. The summed E-state index contributed by atoms with van der Waals surface area (Å²) in [6.45, 7) is 3.32. The third kappa shape index (κ3) is 2.25. The van der Waals surface area contributed by atoms with Gasteiger partial charge in [0.15, 0.2) is 11.5 Å². The molecule has 0 spiro atoms. The average molecular weight is 278 g/mol. The van der Waals surface area contributed by atoms with Crippen molar-refractivity contribution in [3.05, 3.63) is 70.1 Å². The Morgan fingerprint density at radius 3 is 2.57 bits per heavy atom. The minimum atomic E-state index is -0.383. The number of nitrogens with zero attached hydrogens (tertiary/aromatic N) is 2. The lowest BCUT2D eigenvalue weighted by molar-refractivity contribution is 0.101. The van der Waals surface area contributed by atoms with Gasteiger partial charge in [0.1, 0.15) is 0 Å². The zero-order chi connectivity index (χ0) is 15.0.